The molecule has 0 radical (unpaired) electrons. The van der Waals surface area contributed by atoms with Crippen LogP contribution in [0.3, 0.4) is 0 Å². The van der Waals surface area contributed by atoms with Gasteiger partial charge in [0, 0.05) is 51.7 Å². The first-order valence-corrected chi connectivity index (χ1v) is 8.65. The molecule has 1 atom stereocenters. The molecule has 1 saturated heterocycles. The van der Waals surface area contributed by atoms with Gasteiger partial charge in [-0.3, -0.25) is 28.6 Å². The minimum atomic E-state index is -0.510. The van der Waals surface area contributed by atoms with E-state index in [1.165, 1.54) is 24.7 Å². The van der Waals surface area contributed by atoms with Crippen LogP contribution in [0.2, 0.25) is 0 Å². The first-order valence-electron chi connectivity index (χ1n) is 8.65. The van der Waals surface area contributed by atoms with Gasteiger partial charge in [0.05, 0.1) is 0 Å². The number of piperidine rings is 1. The van der Waals surface area contributed by atoms with Crippen molar-refractivity contribution in [2.45, 2.75) is 25.4 Å². The summed E-state index contributed by atoms with van der Waals surface area (Å²) in [5, 5.41) is 2.96. The molecule has 0 bridgehead atoms. The summed E-state index contributed by atoms with van der Waals surface area (Å²) in [5.74, 6) is -0.393. The number of aromatic nitrogens is 3. The summed E-state index contributed by atoms with van der Waals surface area (Å²) in [5.41, 5.74) is 0.223. The fourth-order valence-electron chi connectivity index (χ4n) is 3.28. The second kappa shape index (κ2) is 7.65. The highest BCUT2D eigenvalue weighted by Gasteiger charge is 2.23. The molecule has 1 fully saturated rings. The Hall–Kier alpha value is -2.74. The first kappa shape index (κ1) is 18.1. The maximum Gasteiger partial charge on any atom is 0.331 e. The van der Waals surface area contributed by atoms with Crippen LogP contribution in [0.5, 0.6) is 0 Å². The van der Waals surface area contributed by atoms with Crippen LogP contribution in [0, 0.1) is 0 Å². The van der Waals surface area contributed by atoms with Crippen molar-refractivity contribution in [1.29, 1.82) is 0 Å². The van der Waals surface area contributed by atoms with Gasteiger partial charge in [0.1, 0.15) is 5.69 Å². The first-order chi connectivity index (χ1) is 12.5. The molecular formula is C18H23N5O3. The third kappa shape index (κ3) is 3.91. The van der Waals surface area contributed by atoms with Crippen molar-refractivity contribution in [3.63, 3.8) is 0 Å². The largest absolute Gasteiger partial charge is 0.347 e. The van der Waals surface area contributed by atoms with Crippen LogP contribution in [-0.4, -0.2) is 44.1 Å². The van der Waals surface area contributed by atoms with Crippen molar-refractivity contribution in [1.82, 2.24) is 24.3 Å². The normalized spacial score (nSPS) is 17.8. The van der Waals surface area contributed by atoms with Crippen LogP contribution in [0.1, 0.15) is 28.9 Å². The van der Waals surface area contributed by atoms with Gasteiger partial charge in [0.15, 0.2) is 0 Å². The standard InChI is InChI=1S/C18H23N5O3/c1-21-15(9-16(24)22(2)18(21)26)17(25)20-14-6-4-8-23(12-14)11-13-5-3-7-19-10-13/h3,5,7,9-10,14H,4,6,8,11-12H2,1-2H3,(H,20,25)/t14-/m1/s1. The molecule has 0 unspecified atom stereocenters. The highest BCUT2D eigenvalue weighted by Crippen LogP contribution is 2.13. The van der Waals surface area contributed by atoms with Gasteiger partial charge in [0.2, 0.25) is 0 Å². The smallest absolute Gasteiger partial charge is 0.331 e. The highest BCUT2D eigenvalue weighted by atomic mass is 16.2. The Morgan fingerprint density at radius 1 is 1.31 bits per heavy atom. The van der Waals surface area contributed by atoms with Crippen LogP contribution in [0.4, 0.5) is 0 Å². The Kier molecular flexibility index (Phi) is 5.32. The molecule has 1 amide bonds. The fraction of sp³-hybridized carbons (Fsp3) is 0.444. The van der Waals surface area contributed by atoms with Crippen molar-refractivity contribution in [2.24, 2.45) is 14.1 Å². The summed E-state index contributed by atoms with van der Waals surface area (Å²) >= 11 is 0. The highest BCUT2D eigenvalue weighted by molar-refractivity contribution is 5.92. The van der Waals surface area contributed by atoms with E-state index in [9.17, 15) is 14.4 Å². The molecule has 3 heterocycles. The zero-order valence-electron chi connectivity index (χ0n) is 15.0. The van der Waals surface area contributed by atoms with Gasteiger partial charge in [-0.1, -0.05) is 6.07 Å². The summed E-state index contributed by atoms with van der Waals surface area (Å²) < 4.78 is 2.18. The van der Waals surface area contributed by atoms with Crippen LogP contribution in [0.15, 0.2) is 40.2 Å². The summed E-state index contributed by atoms with van der Waals surface area (Å²) in [6.45, 7) is 2.47. The maximum atomic E-state index is 12.6. The lowest BCUT2D eigenvalue weighted by Crippen LogP contribution is -2.49. The third-order valence-corrected chi connectivity index (χ3v) is 4.73. The van der Waals surface area contributed by atoms with Crippen molar-refractivity contribution in [2.75, 3.05) is 13.1 Å². The topological polar surface area (TPSA) is 89.2 Å². The molecule has 26 heavy (non-hydrogen) atoms. The number of nitrogens with one attached hydrogen (secondary N) is 1. The Labute approximate surface area is 151 Å². The van der Waals surface area contributed by atoms with Crippen molar-refractivity contribution in [3.05, 3.63) is 62.7 Å². The van der Waals surface area contributed by atoms with E-state index in [0.717, 1.165) is 42.6 Å². The predicted octanol–water partition coefficient (Wildman–Crippen LogP) is -0.127. The molecule has 138 valence electrons. The SMILES string of the molecule is Cn1c(C(=O)N[C@@H]2CCCN(Cc3cccnc3)C2)cc(=O)n(C)c1=O. The monoisotopic (exact) mass is 357 g/mol. The lowest BCUT2D eigenvalue weighted by atomic mass is 10.0. The Bertz CT molecular complexity index is 903. The van der Waals surface area contributed by atoms with E-state index in [1.807, 2.05) is 18.3 Å². The molecule has 8 nitrogen and oxygen atoms in total. The predicted molar refractivity (Wildman–Crippen MR) is 96.9 cm³/mol. The minimum Gasteiger partial charge on any atom is -0.347 e. The third-order valence-electron chi connectivity index (χ3n) is 4.73. The van der Waals surface area contributed by atoms with Gasteiger partial charge >= 0.3 is 5.69 Å². The number of carbonyl (C=O) groups is 1. The summed E-state index contributed by atoms with van der Waals surface area (Å²) in [6.07, 6.45) is 5.43. The lowest BCUT2D eigenvalue weighted by molar-refractivity contribution is 0.0890. The zero-order chi connectivity index (χ0) is 18.7. The van der Waals surface area contributed by atoms with Gasteiger partial charge < -0.3 is 5.32 Å². The van der Waals surface area contributed by atoms with Crippen molar-refractivity contribution >= 4 is 5.91 Å². The minimum absolute atomic E-state index is 0.0212. The molecule has 0 aliphatic carbocycles. The second-order valence-electron chi connectivity index (χ2n) is 6.68. The number of amides is 1. The maximum absolute atomic E-state index is 12.6. The van der Waals surface area contributed by atoms with Crippen molar-refractivity contribution in [3.8, 4) is 0 Å². The van der Waals surface area contributed by atoms with E-state index < -0.39 is 17.2 Å². The molecule has 3 rings (SSSR count). The molecule has 1 aliphatic heterocycles. The molecule has 0 spiro atoms. The number of rotatable bonds is 4. The van der Waals surface area contributed by atoms with Crippen molar-refractivity contribution < 1.29 is 4.79 Å². The van der Waals surface area contributed by atoms with Crippen LogP contribution in [0.25, 0.3) is 0 Å². The van der Waals surface area contributed by atoms with E-state index in [0.29, 0.717) is 0 Å². The van der Waals surface area contributed by atoms with Gasteiger partial charge in [-0.15, -0.1) is 0 Å². The van der Waals surface area contributed by atoms with Gasteiger partial charge in [0.25, 0.3) is 11.5 Å². The summed E-state index contributed by atoms with van der Waals surface area (Å²) in [4.78, 5) is 42.8. The molecule has 2 aromatic heterocycles. The van der Waals surface area contributed by atoms with E-state index in [2.05, 4.69) is 15.2 Å². The Morgan fingerprint density at radius 3 is 2.85 bits per heavy atom. The molecule has 0 aromatic carbocycles. The Balaban J connectivity index is 1.68. The van der Waals surface area contributed by atoms with E-state index in [4.69, 9.17) is 0 Å². The zero-order valence-corrected chi connectivity index (χ0v) is 15.0. The lowest BCUT2D eigenvalue weighted by Gasteiger charge is -2.33. The molecule has 2 aromatic rings. The average Bonchev–Trinajstić information content (AvgIpc) is 2.64. The number of carbonyl (C=O) groups excluding carboxylic acids is 1. The number of hydrogen-bond donors (Lipinski definition) is 1. The van der Waals surface area contributed by atoms with Gasteiger partial charge in [-0.2, -0.15) is 0 Å². The average molecular weight is 357 g/mol. The van der Waals surface area contributed by atoms with Crippen LogP contribution >= 0.6 is 0 Å². The fourth-order valence-corrected chi connectivity index (χ4v) is 3.28. The van der Waals surface area contributed by atoms with E-state index in [1.54, 1.807) is 6.20 Å². The Morgan fingerprint density at radius 2 is 2.12 bits per heavy atom. The number of likely N-dealkylation sites (tertiary alicyclic amines) is 1. The van der Waals surface area contributed by atoms with Crippen LogP contribution in [-0.2, 0) is 20.6 Å². The van der Waals surface area contributed by atoms with Gasteiger partial charge in [-0.25, -0.2) is 4.79 Å². The summed E-state index contributed by atoms with van der Waals surface area (Å²) in [7, 11) is 2.88. The number of pyridine rings is 1. The molecule has 1 aliphatic rings. The number of nitrogens with zero attached hydrogens (tertiary/aromatic N) is 4. The molecule has 1 N–H and O–H groups in total. The van der Waals surface area contributed by atoms with Gasteiger partial charge in [-0.05, 0) is 31.0 Å². The van der Waals surface area contributed by atoms with Crippen LogP contribution < -0.4 is 16.6 Å². The molecular weight excluding hydrogens is 334 g/mol. The second-order valence-corrected chi connectivity index (χ2v) is 6.68. The quantitative estimate of drug-likeness (QED) is 0.824. The molecule has 0 saturated carbocycles. The van der Waals surface area contributed by atoms with E-state index >= 15 is 0 Å². The molecule has 8 heteroatoms. The van der Waals surface area contributed by atoms with E-state index in [-0.39, 0.29) is 11.7 Å². The summed E-state index contributed by atoms with van der Waals surface area (Å²) in [6, 6.07) is 5.12. The number of hydrogen-bond acceptors (Lipinski definition) is 5.